The van der Waals surface area contributed by atoms with Crippen LogP contribution in [0.3, 0.4) is 0 Å². The Hall–Kier alpha value is -4.09. The van der Waals surface area contributed by atoms with Crippen LogP contribution in [0.1, 0.15) is 15.2 Å². The molecule has 5 heteroatoms. The fraction of sp³-hybridized carbons (Fsp3) is 0.147. The molecule has 39 heavy (non-hydrogen) atoms. The Morgan fingerprint density at radius 2 is 1.49 bits per heavy atom. The van der Waals surface area contributed by atoms with Gasteiger partial charge in [-0.05, 0) is 58.5 Å². The molecule has 0 fully saturated rings. The molecular formula is C34H28F2NOSi+. The van der Waals surface area contributed by atoms with Crippen LogP contribution in [-0.2, 0) is 7.05 Å². The fourth-order valence-corrected chi connectivity index (χ4v) is 9.40. The molecule has 4 aromatic carbocycles. The Balaban J connectivity index is 1.47. The van der Waals surface area contributed by atoms with Crippen LogP contribution in [0.25, 0.3) is 55.4 Å². The third kappa shape index (κ3) is 3.32. The van der Waals surface area contributed by atoms with Gasteiger partial charge in [0.2, 0.25) is 5.69 Å². The predicted octanol–water partition coefficient (Wildman–Crippen LogP) is 7.44. The quantitative estimate of drug-likeness (QED) is 0.166. The van der Waals surface area contributed by atoms with Crippen LogP contribution in [0.5, 0.6) is 0 Å². The summed E-state index contributed by atoms with van der Waals surface area (Å²) in [5.41, 5.74) is 6.09. The van der Waals surface area contributed by atoms with E-state index in [-0.39, 0.29) is 11.4 Å². The lowest BCUT2D eigenvalue weighted by Gasteiger charge is -2.19. The average Bonchev–Trinajstić information content (AvgIpc) is 3.41. The van der Waals surface area contributed by atoms with Crippen molar-refractivity contribution >= 4 is 40.4 Å². The first kappa shape index (κ1) is 20.8. The zero-order chi connectivity index (χ0) is 29.7. The number of aryl methyl sites for hydroxylation is 3. The summed E-state index contributed by atoms with van der Waals surface area (Å²) in [6, 6.07) is 23.0. The number of pyridine rings is 1. The molecule has 3 heterocycles. The van der Waals surface area contributed by atoms with E-state index in [1.165, 1.54) is 39.8 Å². The van der Waals surface area contributed by atoms with Gasteiger partial charge < -0.3 is 4.42 Å². The SMILES string of the molecule is [2H]C([2H])([2H])c1c[n+](C)c(-c2c(C)ccc3c2oc2c(-c4ccc5c(c4)[Si](C)(C)c4ccccc4-5)c(F)ccc23)cc1F. The highest BCUT2D eigenvalue weighted by atomic mass is 28.3. The molecule has 6 aromatic rings. The van der Waals surface area contributed by atoms with Crippen molar-refractivity contribution in [3.63, 3.8) is 0 Å². The maximum atomic E-state index is 15.8. The number of fused-ring (bicyclic) bond motifs is 6. The molecule has 0 amide bonds. The molecular weight excluding hydrogens is 504 g/mol. The molecule has 0 spiro atoms. The van der Waals surface area contributed by atoms with Crippen LogP contribution >= 0.6 is 0 Å². The summed E-state index contributed by atoms with van der Waals surface area (Å²) in [4.78, 5) is 0. The van der Waals surface area contributed by atoms with Gasteiger partial charge in [0.15, 0.2) is 6.20 Å². The van der Waals surface area contributed by atoms with E-state index >= 15 is 8.78 Å². The first-order valence-electron chi connectivity index (χ1n) is 14.5. The van der Waals surface area contributed by atoms with E-state index in [1.807, 2.05) is 25.1 Å². The van der Waals surface area contributed by atoms with Crippen LogP contribution in [0.15, 0.2) is 83.4 Å². The molecule has 0 N–H and O–H groups in total. The van der Waals surface area contributed by atoms with Crippen molar-refractivity contribution in [3.8, 4) is 33.5 Å². The Bertz CT molecular complexity index is 2110. The van der Waals surface area contributed by atoms with Crippen molar-refractivity contribution in [2.45, 2.75) is 26.9 Å². The second-order valence-electron chi connectivity index (χ2n) is 11.0. The van der Waals surface area contributed by atoms with Crippen LogP contribution < -0.4 is 14.9 Å². The van der Waals surface area contributed by atoms with E-state index < -0.39 is 20.7 Å². The zero-order valence-corrected chi connectivity index (χ0v) is 23.1. The average molecular weight is 536 g/mol. The van der Waals surface area contributed by atoms with E-state index in [1.54, 1.807) is 17.7 Å². The first-order chi connectivity index (χ1) is 19.9. The molecule has 0 atom stereocenters. The number of furan rings is 1. The summed E-state index contributed by atoms with van der Waals surface area (Å²) in [7, 11) is -0.299. The molecule has 0 saturated heterocycles. The number of hydrogen-bond donors (Lipinski definition) is 0. The van der Waals surface area contributed by atoms with Gasteiger partial charge in [0, 0.05) is 26.5 Å². The second kappa shape index (κ2) is 8.20. The van der Waals surface area contributed by atoms with Crippen LogP contribution in [0.4, 0.5) is 8.78 Å². The monoisotopic (exact) mass is 535 g/mol. The molecule has 2 aromatic heterocycles. The van der Waals surface area contributed by atoms with Crippen LogP contribution in [-0.4, -0.2) is 8.07 Å². The smallest absolute Gasteiger partial charge is 0.219 e. The summed E-state index contributed by atoms with van der Waals surface area (Å²) in [5.74, 6) is -1.19. The van der Waals surface area contributed by atoms with Gasteiger partial charge in [-0.15, -0.1) is 0 Å². The molecule has 0 aliphatic carbocycles. The molecule has 7 rings (SSSR count). The fourth-order valence-electron chi connectivity index (χ4n) is 6.30. The third-order valence-electron chi connectivity index (χ3n) is 8.32. The molecule has 0 radical (unpaired) electrons. The highest BCUT2D eigenvalue weighted by Gasteiger charge is 2.37. The topological polar surface area (TPSA) is 17.0 Å². The maximum Gasteiger partial charge on any atom is 0.219 e. The van der Waals surface area contributed by atoms with E-state index in [9.17, 15) is 0 Å². The number of nitrogens with zero attached hydrogens (tertiary/aromatic N) is 1. The van der Waals surface area contributed by atoms with Gasteiger partial charge in [-0.1, -0.05) is 67.7 Å². The summed E-state index contributed by atoms with van der Waals surface area (Å²) in [5, 5.41) is 4.17. The summed E-state index contributed by atoms with van der Waals surface area (Å²) < 4.78 is 62.1. The Morgan fingerprint density at radius 1 is 0.769 bits per heavy atom. The van der Waals surface area contributed by atoms with Gasteiger partial charge in [0.25, 0.3) is 0 Å². The molecule has 2 nitrogen and oxygen atoms in total. The Morgan fingerprint density at radius 3 is 2.28 bits per heavy atom. The van der Waals surface area contributed by atoms with Crippen molar-refractivity contribution in [2.24, 2.45) is 7.05 Å². The van der Waals surface area contributed by atoms with Gasteiger partial charge in [-0.2, -0.15) is 0 Å². The highest BCUT2D eigenvalue weighted by Crippen LogP contribution is 2.42. The summed E-state index contributed by atoms with van der Waals surface area (Å²) in [6.07, 6.45) is 1.30. The summed E-state index contributed by atoms with van der Waals surface area (Å²) in [6.45, 7) is 3.96. The number of aromatic nitrogens is 1. The van der Waals surface area contributed by atoms with Crippen molar-refractivity contribution in [1.82, 2.24) is 0 Å². The number of hydrogen-bond acceptors (Lipinski definition) is 1. The minimum atomic E-state index is -2.58. The van der Waals surface area contributed by atoms with Gasteiger partial charge in [-0.25, -0.2) is 13.3 Å². The van der Waals surface area contributed by atoms with E-state index in [2.05, 4.69) is 49.5 Å². The second-order valence-corrected chi connectivity index (χ2v) is 15.3. The Labute approximate surface area is 231 Å². The largest absolute Gasteiger partial charge is 0.454 e. The zero-order valence-electron chi connectivity index (χ0n) is 25.1. The van der Waals surface area contributed by atoms with E-state index in [0.29, 0.717) is 28.0 Å². The minimum Gasteiger partial charge on any atom is -0.454 e. The summed E-state index contributed by atoms with van der Waals surface area (Å²) >= 11 is 0. The lowest BCUT2D eigenvalue weighted by Crippen LogP contribution is -2.49. The standard InChI is InChI=1S/C34H28F2NOSi/c1-19-10-12-24-25-14-15-26(35)32(34(25)38-33(24)31(19)28-17-27(36)20(2)18-37(28)3)21-11-13-23-22-8-6-7-9-29(22)39(4,5)30(23)16-21/h6-18H,1-5H3/q+1/i2D3. The van der Waals surface area contributed by atoms with Crippen LogP contribution in [0, 0.1) is 25.4 Å². The number of benzene rings is 4. The molecule has 192 valence electrons. The Kier molecular flexibility index (Phi) is 4.38. The van der Waals surface area contributed by atoms with Gasteiger partial charge >= 0.3 is 0 Å². The van der Waals surface area contributed by atoms with Crippen molar-refractivity contribution in [1.29, 1.82) is 0 Å². The minimum absolute atomic E-state index is 0.349. The number of halogens is 2. The highest BCUT2D eigenvalue weighted by molar-refractivity contribution is 7.03. The van der Waals surface area contributed by atoms with E-state index in [0.717, 1.165) is 21.9 Å². The molecule has 0 bridgehead atoms. The normalized spacial score (nSPS) is 15.2. The van der Waals surface area contributed by atoms with E-state index in [4.69, 9.17) is 8.53 Å². The van der Waals surface area contributed by atoms with Gasteiger partial charge in [0.1, 0.15) is 37.9 Å². The lowest BCUT2D eigenvalue weighted by molar-refractivity contribution is -0.661. The number of rotatable bonds is 2. The molecule has 0 saturated carbocycles. The molecule has 0 unspecified atom stereocenters. The third-order valence-corrected chi connectivity index (χ3v) is 11.9. The van der Waals surface area contributed by atoms with Crippen LogP contribution in [0.2, 0.25) is 13.1 Å². The lowest BCUT2D eigenvalue weighted by atomic mass is 9.97. The van der Waals surface area contributed by atoms with Gasteiger partial charge in [0.05, 0.1) is 11.1 Å². The first-order valence-corrected chi connectivity index (χ1v) is 16.0. The van der Waals surface area contributed by atoms with Gasteiger partial charge in [-0.3, -0.25) is 0 Å². The van der Waals surface area contributed by atoms with Crippen molar-refractivity contribution < 1.29 is 21.9 Å². The predicted molar refractivity (Wildman–Crippen MR) is 157 cm³/mol. The maximum absolute atomic E-state index is 15.8. The van der Waals surface area contributed by atoms with Crippen molar-refractivity contribution in [3.05, 3.63) is 102 Å². The van der Waals surface area contributed by atoms with Crippen molar-refractivity contribution in [2.75, 3.05) is 0 Å². The molecule has 1 aliphatic rings. The molecule has 1 aliphatic heterocycles.